The van der Waals surface area contributed by atoms with Crippen LogP contribution in [0.1, 0.15) is 26.0 Å². The van der Waals surface area contributed by atoms with E-state index in [1.807, 2.05) is 6.92 Å². The normalized spacial score (nSPS) is 27.6. The van der Waals surface area contributed by atoms with Gasteiger partial charge in [-0.1, -0.05) is 6.92 Å². The molecule has 1 aliphatic rings. The van der Waals surface area contributed by atoms with Crippen LogP contribution in [0.3, 0.4) is 0 Å². The molecular weight excluding hydrogens is 238 g/mol. The standard InChI is InChI=1S/C11H17N3O4/c1-3-7-8(17-2)4-9(18-7)14-5-6(15)10(12)13-11(14)16/h5,7-9,15H,3-4H2,1-2H3,(H2,12,13,16). The highest BCUT2D eigenvalue weighted by Crippen LogP contribution is 2.31. The second-order valence-electron chi connectivity index (χ2n) is 4.25. The van der Waals surface area contributed by atoms with E-state index >= 15 is 0 Å². The number of anilines is 1. The molecule has 1 fully saturated rings. The highest BCUT2D eigenvalue weighted by Gasteiger charge is 2.35. The summed E-state index contributed by atoms with van der Waals surface area (Å²) in [5, 5.41) is 9.50. The molecule has 0 radical (unpaired) electrons. The lowest BCUT2D eigenvalue weighted by molar-refractivity contribution is -0.0302. The van der Waals surface area contributed by atoms with Crippen LogP contribution in [-0.2, 0) is 9.47 Å². The van der Waals surface area contributed by atoms with Gasteiger partial charge in [-0.3, -0.25) is 4.57 Å². The van der Waals surface area contributed by atoms with Gasteiger partial charge in [0.05, 0.1) is 18.4 Å². The Morgan fingerprint density at radius 3 is 3.00 bits per heavy atom. The lowest BCUT2D eigenvalue weighted by atomic mass is 10.1. The Balaban J connectivity index is 2.28. The molecule has 3 N–H and O–H groups in total. The van der Waals surface area contributed by atoms with E-state index in [-0.39, 0.29) is 23.8 Å². The van der Waals surface area contributed by atoms with Gasteiger partial charge >= 0.3 is 5.69 Å². The van der Waals surface area contributed by atoms with Crippen LogP contribution >= 0.6 is 0 Å². The summed E-state index contributed by atoms with van der Waals surface area (Å²) in [6.45, 7) is 1.99. The van der Waals surface area contributed by atoms with Gasteiger partial charge in [-0.25, -0.2) is 4.79 Å². The molecule has 100 valence electrons. The first-order chi connectivity index (χ1) is 8.56. The number of aromatic nitrogens is 2. The van der Waals surface area contributed by atoms with Crippen molar-refractivity contribution in [2.45, 2.75) is 38.2 Å². The molecule has 0 aromatic carbocycles. The summed E-state index contributed by atoms with van der Waals surface area (Å²) in [5.41, 5.74) is 4.82. The van der Waals surface area contributed by atoms with Crippen LogP contribution < -0.4 is 11.4 Å². The monoisotopic (exact) mass is 255 g/mol. The molecule has 7 nitrogen and oxygen atoms in total. The minimum atomic E-state index is -0.540. The van der Waals surface area contributed by atoms with E-state index in [1.165, 1.54) is 10.8 Å². The topological polar surface area (TPSA) is 99.6 Å². The van der Waals surface area contributed by atoms with Crippen LogP contribution in [0, 0.1) is 0 Å². The zero-order valence-corrected chi connectivity index (χ0v) is 10.4. The molecule has 3 unspecified atom stereocenters. The van der Waals surface area contributed by atoms with Crippen LogP contribution in [0.2, 0.25) is 0 Å². The Labute approximate surface area is 104 Å². The van der Waals surface area contributed by atoms with Crippen molar-refractivity contribution < 1.29 is 14.6 Å². The van der Waals surface area contributed by atoms with Gasteiger partial charge in [-0.2, -0.15) is 4.98 Å². The van der Waals surface area contributed by atoms with E-state index in [2.05, 4.69) is 4.98 Å². The molecule has 1 aliphatic heterocycles. The molecule has 1 aromatic rings. The van der Waals surface area contributed by atoms with Gasteiger partial charge in [0.2, 0.25) is 0 Å². The lowest BCUT2D eigenvalue weighted by Crippen LogP contribution is -2.27. The number of nitrogen functional groups attached to an aromatic ring is 1. The third-order valence-electron chi connectivity index (χ3n) is 3.16. The average Bonchev–Trinajstić information content (AvgIpc) is 2.76. The summed E-state index contributed by atoms with van der Waals surface area (Å²) in [6.07, 6.45) is 1.97. The lowest BCUT2D eigenvalue weighted by Gasteiger charge is -2.15. The van der Waals surface area contributed by atoms with Crippen molar-refractivity contribution >= 4 is 5.82 Å². The molecular formula is C11H17N3O4. The van der Waals surface area contributed by atoms with Crippen molar-refractivity contribution in [1.82, 2.24) is 9.55 Å². The van der Waals surface area contributed by atoms with E-state index in [0.717, 1.165) is 6.42 Å². The Morgan fingerprint density at radius 1 is 1.72 bits per heavy atom. The molecule has 0 spiro atoms. The summed E-state index contributed by atoms with van der Waals surface area (Å²) in [5.74, 6) is -0.406. The summed E-state index contributed by atoms with van der Waals surface area (Å²) in [6, 6.07) is 0. The smallest absolute Gasteiger partial charge is 0.351 e. The minimum Gasteiger partial charge on any atom is -0.503 e. The Hall–Kier alpha value is -1.60. The second kappa shape index (κ2) is 4.95. The van der Waals surface area contributed by atoms with E-state index in [4.69, 9.17) is 15.2 Å². The van der Waals surface area contributed by atoms with Gasteiger partial charge in [0.1, 0.15) is 6.23 Å². The van der Waals surface area contributed by atoms with Crippen LogP contribution in [0.5, 0.6) is 5.75 Å². The van der Waals surface area contributed by atoms with Crippen molar-refractivity contribution in [3.05, 3.63) is 16.7 Å². The molecule has 2 rings (SSSR count). The van der Waals surface area contributed by atoms with Crippen LogP contribution in [0.4, 0.5) is 5.82 Å². The summed E-state index contributed by atoms with van der Waals surface area (Å²) < 4.78 is 12.3. The number of methoxy groups -OCH3 is 1. The first-order valence-electron chi connectivity index (χ1n) is 5.82. The third-order valence-corrected chi connectivity index (χ3v) is 3.16. The molecule has 1 aromatic heterocycles. The van der Waals surface area contributed by atoms with E-state index in [0.29, 0.717) is 6.42 Å². The van der Waals surface area contributed by atoms with Gasteiger partial charge in [-0.05, 0) is 6.42 Å². The summed E-state index contributed by atoms with van der Waals surface area (Å²) in [7, 11) is 1.61. The Morgan fingerprint density at radius 2 is 2.44 bits per heavy atom. The molecule has 0 saturated carbocycles. The van der Waals surface area contributed by atoms with E-state index in [1.54, 1.807) is 7.11 Å². The Bertz CT molecular complexity index is 476. The Kier molecular flexibility index (Phi) is 3.53. The van der Waals surface area contributed by atoms with Gasteiger partial charge in [-0.15, -0.1) is 0 Å². The quantitative estimate of drug-likeness (QED) is 0.802. The largest absolute Gasteiger partial charge is 0.503 e. The number of nitrogens with zero attached hydrogens (tertiary/aromatic N) is 2. The number of ether oxygens (including phenoxy) is 2. The van der Waals surface area contributed by atoms with Gasteiger partial charge < -0.3 is 20.3 Å². The maximum atomic E-state index is 11.7. The molecule has 7 heteroatoms. The van der Waals surface area contributed by atoms with Crippen LogP contribution in [-0.4, -0.2) is 34.0 Å². The van der Waals surface area contributed by atoms with Gasteiger partial charge in [0.25, 0.3) is 0 Å². The summed E-state index contributed by atoms with van der Waals surface area (Å²) in [4.78, 5) is 15.2. The number of rotatable bonds is 3. The number of aromatic hydroxyl groups is 1. The van der Waals surface area contributed by atoms with Crippen molar-refractivity contribution in [3.63, 3.8) is 0 Å². The SMILES string of the molecule is CCC1OC(n2cc(O)c(N)nc2=O)CC1OC. The zero-order chi connectivity index (χ0) is 13.3. The number of hydrogen-bond acceptors (Lipinski definition) is 6. The van der Waals surface area contributed by atoms with E-state index in [9.17, 15) is 9.90 Å². The molecule has 3 atom stereocenters. The van der Waals surface area contributed by atoms with Gasteiger partial charge in [0, 0.05) is 13.5 Å². The number of nitrogens with two attached hydrogens (primary N) is 1. The molecule has 1 saturated heterocycles. The highest BCUT2D eigenvalue weighted by atomic mass is 16.6. The van der Waals surface area contributed by atoms with Crippen molar-refractivity contribution in [1.29, 1.82) is 0 Å². The second-order valence-corrected chi connectivity index (χ2v) is 4.25. The van der Waals surface area contributed by atoms with Gasteiger partial charge in [0.15, 0.2) is 11.6 Å². The van der Waals surface area contributed by atoms with Crippen LogP contribution in [0.25, 0.3) is 0 Å². The molecule has 0 amide bonds. The first kappa shape index (κ1) is 12.8. The highest BCUT2D eigenvalue weighted by molar-refractivity contribution is 5.41. The summed E-state index contributed by atoms with van der Waals surface area (Å²) >= 11 is 0. The maximum absolute atomic E-state index is 11.7. The van der Waals surface area contributed by atoms with Crippen molar-refractivity contribution in [2.75, 3.05) is 12.8 Å². The van der Waals surface area contributed by atoms with E-state index < -0.39 is 11.9 Å². The molecule has 2 heterocycles. The fourth-order valence-electron chi connectivity index (χ4n) is 2.16. The average molecular weight is 255 g/mol. The molecule has 18 heavy (non-hydrogen) atoms. The number of hydrogen-bond donors (Lipinski definition) is 2. The first-order valence-corrected chi connectivity index (χ1v) is 5.82. The van der Waals surface area contributed by atoms with Crippen molar-refractivity contribution in [3.8, 4) is 5.75 Å². The molecule has 0 bridgehead atoms. The van der Waals surface area contributed by atoms with Crippen molar-refractivity contribution in [2.24, 2.45) is 0 Å². The third kappa shape index (κ3) is 2.19. The van der Waals surface area contributed by atoms with Crippen LogP contribution in [0.15, 0.2) is 11.0 Å². The minimum absolute atomic E-state index is 0.0633. The fourth-order valence-corrected chi connectivity index (χ4v) is 2.16. The maximum Gasteiger partial charge on any atom is 0.351 e. The predicted molar refractivity (Wildman–Crippen MR) is 64.2 cm³/mol. The predicted octanol–water partition coefficient (Wildman–Crippen LogP) is 0.244. The fraction of sp³-hybridized carbons (Fsp3) is 0.636. The zero-order valence-electron chi connectivity index (χ0n) is 10.4. The molecule has 0 aliphatic carbocycles.